The number of halogens is 1. The van der Waals surface area contributed by atoms with Crippen LogP contribution in [0.25, 0.3) is 5.69 Å². The van der Waals surface area contributed by atoms with Crippen LogP contribution in [0.3, 0.4) is 0 Å². The van der Waals surface area contributed by atoms with Gasteiger partial charge in [-0.25, -0.2) is 9.67 Å². The van der Waals surface area contributed by atoms with E-state index < -0.39 is 4.92 Å². The Morgan fingerprint density at radius 1 is 1.32 bits per heavy atom. The van der Waals surface area contributed by atoms with Crippen molar-refractivity contribution in [2.24, 2.45) is 0 Å². The van der Waals surface area contributed by atoms with Gasteiger partial charge in [0.05, 0.1) is 27.4 Å². The number of nitrogens with zero attached hydrogens (tertiary/aromatic N) is 5. The van der Waals surface area contributed by atoms with Crippen LogP contribution < -0.4 is 5.32 Å². The normalized spacial score (nSPS) is 11.7. The van der Waals surface area contributed by atoms with Crippen molar-refractivity contribution in [3.63, 3.8) is 0 Å². The minimum Gasteiger partial charge on any atom is -0.345 e. The molecule has 10 heteroatoms. The zero-order chi connectivity index (χ0) is 20.3. The van der Waals surface area contributed by atoms with Crippen LogP contribution in [0, 0.1) is 10.1 Å². The van der Waals surface area contributed by atoms with Crippen molar-refractivity contribution in [3.8, 4) is 5.69 Å². The average Bonchev–Trinajstić information content (AvgIpc) is 3.23. The third-order valence-electron chi connectivity index (χ3n) is 4.36. The van der Waals surface area contributed by atoms with E-state index >= 15 is 0 Å². The van der Waals surface area contributed by atoms with E-state index in [1.807, 2.05) is 43.1 Å². The topological polar surface area (TPSA) is 89.1 Å². The lowest BCUT2D eigenvalue weighted by atomic mass is 10.1. The Labute approximate surface area is 171 Å². The highest BCUT2D eigenvalue weighted by Gasteiger charge is 2.17. The summed E-state index contributed by atoms with van der Waals surface area (Å²) in [5, 5.41) is 18.8. The Bertz CT molecular complexity index is 994. The summed E-state index contributed by atoms with van der Waals surface area (Å²) < 4.78 is 1.68. The highest BCUT2D eigenvalue weighted by Crippen LogP contribution is 2.28. The van der Waals surface area contributed by atoms with Crippen molar-refractivity contribution in [1.29, 1.82) is 0 Å². The molecule has 0 aliphatic carbocycles. The molecule has 1 heterocycles. The number of nitrogens with one attached hydrogen (secondary N) is 1. The predicted molar refractivity (Wildman–Crippen MR) is 112 cm³/mol. The van der Waals surface area contributed by atoms with E-state index in [9.17, 15) is 10.1 Å². The van der Waals surface area contributed by atoms with Gasteiger partial charge in [0.2, 0.25) is 0 Å². The molecule has 144 valence electrons. The summed E-state index contributed by atoms with van der Waals surface area (Å²) in [5.41, 5.74) is 2.27. The minimum atomic E-state index is -0.479. The number of non-ortho nitro benzene ring substituents is 1. The van der Waals surface area contributed by atoms with Crippen LogP contribution in [0.5, 0.6) is 0 Å². The fraction of sp³-hybridized carbons (Fsp3) is 0.167. The summed E-state index contributed by atoms with van der Waals surface area (Å²) in [7, 11) is 1.84. The molecule has 0 bridgehead atoms. The van der Waals surface area contributed by atoms with Crippen molar-refractivity contribution in [3.05, 3.63) is 75.8 Å². The highest BCUT2D eigenvalue weighted by molar-refractivity contribution is 7.80. The molecule has 3 rings (SSSR count). The summed E-state index contributed by atoms with van der Waals surface area (Å²) in [4.78, 5) is 16.3. The standard InChI is InChI=1S/C18H17ClN6O2S/c1-12(13-3-5-14(6-4-13)24-11-20-10-21-24)23(2)18(28)22-17-9-15(25(26)27)7-8-16(17)19/h3-12H,1-2H3,(H,22,28)/t12-/m0/s1. The SMILES string of the molecule is C[C@@H](c1ccc(-n2cncn2)cc1)N(C)C(=S)Nc1cc([N+](=O)[O-])ccc1Cl. The van der Waals surface area contributed by atoms with Crippen LogP contribution in [0.1, 0.15) is 18.5 Å². The quantitative estimate of drug-likeness (QED) is 0.378. The van der Waals surface area contributed by atoms with Gasteiger partial charge in [0, 0.05) is 19.2 Å². The van der Waals surface area contributed by atoms with Crippen LogP contribution in [0.15, 0.2) is 55.1 Å². The molecule has 0 saturated heterocycles. The number of nitro benzene ring substituents is 1. The second-order valence-electron chi connectivity index (χ2n) is 6.07. The maximum absolute atomic E-state index is 11.0. The summed E-state index contributed by atoms with van der Waals surface area (Å²) in [6, 6.07) is 12.0. The molecule has 0 spiro atoms. The van der Waals surface area contributed by atoms with E-state index in [2.05, 4.69) is 15.4 Å². The Hall–Kier alpha value is -3.04. The van der Waals surface area contributed by atoms with E-state index in [0.717, 1.165) is 11.3 Å². The van der Waals surface area contributed by atoms with Crippen molar-refractivity contribution in [1.82, 2.24) is 19.7 Å². The molecule has 0 aliphatic rings. The third kappa shape index (κ3) is 4.26. The van der Waals surface area contributed by atoms with Gasteiger partial charge in [0.1, 0.15) is 12.7 Å². The second-order valence-corrected chi connectivity index (χ2v) is 6.86. The van der Waals surface area contributed by atoms with Gasteiger partial charge < -0.3 is 10.2 Å². The third-order valence-corrected chi connectivity index (χ3v) is 5.08. The Balaban J connectivity index is 1.72. The maximum atomic E-state index is 11.0. The predicted octanol–water partition coefficient (Wildman–Crippen LogP) is 4.22. The van der Waals surface area contributed by atoms with Crippen LogP contribution in [0.4, 0.5) is 11.4 Å². The Morgan fingerprint density at radius 3 is 2.64 bits per heavy atom. The van der Waals surface area contributed by atoms with Crippen molar-refractivity contribution in [2.75, 3.05) is 12.4 Å². The van der Waals surface area contributed by atoms with Gasteiger partial charge in [-0.2, -0.15) is 5.10 Å². The lowest BCUT2D eigenvalue weighted by molar-refractivity contribution is -0.384. The monoisotopic (exact) mass is 416 g/mol. The van der Waals surface area contributed by atoms with Crippen LogP contribution in [-0.2, 0) is 0 Å². The molecular weight excluding hydrogens is 400 g/mol. The second kappa shape index (κ2) is 8.32. The number of anilines is 1. The largest absolute Gasteiger partial charge is 0.345 e. The Morgan fingerprint density at radius 2 is 2.04 bits per heavy atom. The van der Waals surface area contributed by atoms with Gasteiger partial charge in [0.25, 0.3) is 5.69 Å². The zero-order valence-electron chi connectivity index (χ0n) is 15.1. The molecule has 0 unspecified atom stereocenters. The molecule has 1 N–H and O–H groups in total. The number of aromatic nitrogens is 3. The average molecular weight is 417 g/mol. The van der Waals surface area contributed by atoms with Gasteiger partial charge in [0.15, 0.2) is 5.11 Å². The van der Waals surface area contributed by atoms with E-state index in [1.165, 1.54) is 24.5 Å². The number of nitro groups is 1. The molecule has 0 saturated carbocycles. The molecule has 1 atom stereocenters. The van der Waals surface area contributed by atoms with E-state index in [4.69, 9.17) is 23.8 Å². The number of thiocarbonyl (C=S) groups is 1. The molecule has 8 nitrogen and oxygen atoms in total. The maximum Gasteiger partial charge on any atom is 0.271 e. The minimum absolute atomic E-state index is 0.0396. The highest BCUT2D eigenvalue weighted by atomic mass is 35.5. The lowest BCUT2D eigenvalue weighted by Crippen LogP contribution is -2.33. The molecule has 2 aromatic carbocycles. The first-order valence-electron chi connectivity index (χ1n) is 8.29. The molecule has 3 aromatic rings. The van der Waals surface area contributed by atoms with Gasteiger partial charge in [-0.15, -0.1) is 0 Å². The number of rotatable bonds is 5. The number of benzene rings is 2. The van der Waals surface area contributed by atoms with Crippen molar-refractivity contribution >= 4 is 40.3 Å². The molecule has 28 heavy (non-hydrogen) atoms. The van der Waals surface area contributed by atoms with Crippen LogP contribution in [0.2, 0.25) is 5.02 Å². The summed E-state index contributed by atoms with van der Waals surface area (Å²) in [6.45, 7) is 2.01. The number of hydrogen-bond donors (Lipinski definition) is 1. The first-order chi connectivity index (χ1) is 13.4. The fourth-order valence-corrected chi connectivity index (χ4v) is 3.01. The van der Waals surface area contributed by atoms with Gasteiger partial charge in [-0.05, 0) is 42.9 Å². The van der Waals surface area contributed by atoms with Crippen molar-refractivity contribution in [2.45, 2.75) is 13.0 Å². The molecule has 1 aromatic heterocycles. The molecule has 0 amide bonds. The first-order valence-corrected chi connectivity index (χ1v) is 9.08. The van der Waals surface area contributed by atoms with E-state index in [1.54, 1.807) is 11.0 Å². The molecule has 0 radical (unpaired) electrons. The lowest BCUT2D eigenvalue weighted by Gasteiger charge is -2.28. The first kappa shape index (κ1) is 19.7. The number of hydrogen-bond acceptors (Lipinski definition) is 5. The van der Waals surface area contributed by atoms with Gasteiger partial charge in [-0.1, -0.05) is 23.7 Å². The van der Waals surface area contributed by atoms with Gasteiger partial charge >= 0.3 is 0 Å². The van der Waals surface area contributed by atoms with E-state index in [-0.39, 0.29) is 11.7 Å². The van der Waals surface area contributed by atoms with Crippen molar-refractivity contribution < 1.29 is 4.92 Å². The summed E-state index contributed by atoms with van der Waals surface area (Å²) in [5.74, 6) is 0. The smallest absolute Gasteiger partial charge is 0.271 e. The summed E-state index contributed by atoms with van der Waals surface area (Å²) >= 11 is 11.6. The van der Waals surface area contributed by atoms with E-state index in [0.29, 0.717) is 15.8 Å². The van der Waals surface area contributed by atoms with Gasteiger partial charge in [-0.3, -0.25) is 10.1 Å². The molecule has 0 fully saturated rings. The molecule has 0 aliphatic heterocycles. The fourth-order valence-electron chi connectivity index (χ4n) is 2.57. The summed E-state index contributed by atoms with van der Waals surface area (Å²) in [6.07, 6.45) is 3.11. The van der Waals surface area contributed by atoms with Crippen LogP contribution in [-0.4, -0.2) is 36.7 Å². The Kier molecular flexibility index (Phi) is 5.86. The van der Waals surface area contributed by atoms with Crippen LogP contribution >= 0.6 is 23.8 Å². The molecular formula is C18H17ClN6O2S. The zero-order valence-corrected chi connectivity index (χ0v) is 16.7.